The van der Waals surface area contributed by atoms with Gasteiger partial charge in [0.05, 0.1) is 25.8 Å². The maximum atomic E-state index is 13.0. The number of carbonyl (C=O) groups is 8. The van der Waals surface area contributed by atoms with Gasteiger partial charge in [0.1, 0.15) is 25.2 Å². The summed E-state index contributed by atoms with van der Waals surface area (Å²) in [5.41, 5.74) is 12.0. The van der Waals surface area contributed by atoms with E-state index in [4.69, 9.17) is 16.2 Å². The van der Waals surface area contributed by atoms with Gasteiger partial charge in [0.25, 0.3) is 0 Å². The SMILES string of the molecule is CCCCCCCNC(=O)C(N)CCC(=O)NC(CSSCC(NC(=O)CCC(N)C(=O)NCCCCCCC)C(=O)NCC(=O)OCC)C(=O)NCC(=O)OC. The molecule has 10 N–H and O–H groups in total. The Kier molecular flexibility index (Phi) is 32.2. The number of hydrogen-bond donors (Lipinski definition) is 8. The second kappa shape index (κ2) is 34.4. The van der Waals surface area contributed by atoms with Crippen LogP contribution in [0.5, 0.6) is 0 Å². The summed E-state index contributed by atoms with van der Waals surface area (Å²) >= 11 is 0. The minimum Gasteiger partial charge on any atom is -0.468 e. The summed E-state index contributed by atoms with van der Waals surface area (Å²) in [6, 6.07) is -4.13. The molecule has 0 aromatic heterocycles. The predicted molar refractivity (Wildman–Crippen MR) is 221 cm³/mol. The number of amides is 6. The Labute approximate surface area is 345 Å². The fourth-order valence-corrected chi connectivity index (χ4v) is 7.29. The molecule has 0 aliphatic rings. The van der Waals surface area contributed by atoms with Gasteiger partial charge in [0.15, 0.2) is 0 Å². The first-order chi connectivity index (χ1) is 27.3. The number of nitrogens with one attached hydrogen (secondary N) is 6. The van der Waals surface area contributed by atoms with Crippen molar-refractivity contribution >= 4 is 69.0 Å². The molecule has 0 bridgehead atoms. The van der Waals surface area contributed by atoms with Crippen molar-refractivity contribution < 1.29 is 47.8 Å². The van der Waals surface area contributed by atoms with Crippen LogP contribution < -0.4 is 43.4 Å². The predicted octanol–water partition coefficient (Wildman–Crippen LogP) is 0.694. The van der Waals surface area contributed by atoms with E-state index in [1.807, 2.05) is 0 Å². The van der Waals surface area contributed by atoms with Crippen molar-refractivity contribution in [2.75, 3.05) is 51.4 Å². The molecule has 57 heavy (non-hydrogen) atoms. The number of unbranched alkanes of at least 4 members (excludes halogenated alkanes) is 8. The van der Waals surface area contributed by atoms with Crippen LogP contribution in [0.25, 0.3) is 0 Å². The van der Waals surface area contributed by atoms with Crippen LogP contribution in [0.15, 0.2) is 0 Å². The molecule has 0 fully saturated rings. The fraction of sp³-hybridized carbons (Fsp3) is 0.784. The highest BCUT2D eigenvalue weighted by Crippen LogP contribution is 2.23. The van der Waals surface area contributed by atoms with E-state index >= 15 is 0 Å². The molecule has 0 heterocycles. The molecule has 0 saturated carbocycles. The first-order valence-corrected chi connectivity index (χ1v) is 22.5. The minimum atomic E-state index is -1.14. The number of ether oxygens (including phenoxy) is 2. The van der Waals surface area contributed by atoms with Crippen molar-refractivity contribution in [1.82, 2.24) is 31.9 Å². The second-order valence-electron chi connectivity index (χ2n) is 13.3. The Morgan fingerprint density at radius 1 is 0.544 bits per heavy atom. The van der Waals surface area contributed by atoms with Crippen LogP contribution in [0.2, 0.25) is 0 Å². The minimum absolute atomic E-state index is 0.0251. The van der Waals surface area contributed by atoms with Crippen molar-refractivity contribution in [2.45, 2.75) is 135 Å². The lowest BCUT2D eigenvalue weighted by atomic mass is 10.1. The van der Waals surface area contributed by atoms with E-state index in [2.05, 4.69) is 50.5 Å². The van der Waals surface area contributed by atoms with Crippen LogP contribution in [0.1, 0.15) is 111 Å². The van der Waals surface area contributed by atoms with Crippen molar-refractivity contribution in [2.24, 2.45) is 11.5 Å². The molecule has 0 spiro atoms. The summed E-state index contributed by atoms with van der Waals surface area (Å²) < 4.78 is 9.43. The molecule has 4 atom stereocenters. The van der Waals surface area contributed by atoms with Gasteiger partial charge >= 0.3 is 11.9 Å². The summed E-state index contributed by atoms with van der Waals surface area (Å²) in [6.45, 7) is 6.07. The van der Waals surface area contributed by atoms with Gasteiger partial charge in [-0.3, -0.25) is 38.4 Å². The highest BCUT2D eigenvalue weighted by Gasteiger charge is 2.26. The van der Waals surface area contributed by atoms with Crippen LogP contribution in [0.3, 0.4) is 0 Å². The molecule has 0 aliphatic carbocycles. The third-order valence-corrected chi connectivity index (χ3v) is 10.8. The average molecular weight is 849 g/mol. The Bertz CT molecular complexity index is 1230. The Hall–Kier alpha value is -3.62. The molecule has 0 rings (SSSR count). The van der Waals surface area contributed by atoms with Crippen LogP contribution >= 0.6 is 21.6 Å². The zero-order chi connectivity index (χ0) is 42.8. The summed E-state index contributed by atoms with van der Waals surface area (Å²) in [7, 11) is 3.36. The Morgan fingerprint density at radius 2 is 0.947 bits per heavy atom. The maximum absolute atomic E-state index is 13.0. The lowest BCUT2D eigenvalue weighted by Gasteiger charge is -2.20. The highest BCUT2D eigenvalue weighted by atomic mass is 33.1. The zero-order valence-corrected chi connectivity index (χ0v) is 35.8. The topological polar surface area (TPSA) is 279 Å². The molecule has 6 amide bonds. The van der Waals surface area contributed by atoms with E-state index in [0.717, 1.165) is 92.9 Å². The molecule has 18 nitrogen and oxygen atoms in total. The van der Waals surface area contributed by atoms with Crippen LogP contribution in [-0.2, 0) is 47.8 Å². The second-order valence-corrected chi connectivity index (χ2v) is 15.9. The van der Waals surface area contributed by atoms with E-state index in [9.17, 15) is 38.4 Å². The van der Waals surface area contributed by atoms with E-state index < -0.39 is 72.8 Å². The normalized spacial score (nSPS) is 12.9. The number of carbonyl (C=O) groups excluding carboxylic acids is 8. The summed E-state index contributed by atoms with van der Waals surface area (Å²) in [6.07, 6.45) is 10.1. The van der Waals surface area contributed by atoms with E-state index in [0.29, 0.717) is 13.1 Å². The monoisotopic (exact) mass is 848 g/mol. The van der Waals surface area contributed by atoms with Gasteiger partial charge in [0.2, 0.25) is 35.4 Å². The molecular formula is C37H68N8O10S2. The van der Waals surface area contributed by atoms with Crippen molar-refractivity contribution in [3.05, 3.63) is 0 Å². The standard InChI is InChI=1S/C37H68N8O10S2/c1-5-8-10-12-14-20-40-34(50)26(38)16-18-30(46)44-28(36(52)42-22-32(48)54-4)24-56-57-25-29(37(53)43-23-33(49)55-7-3)45-31(47)19-17-27(39)35(51)41-21-15-13-11-9-6-2/h26-29H,5-25,38-39H2,1-4H3,(H,40,50)(H,41,51)(H,42,52)(H,43,53)(H,44,46)(H,45,47). The maximum Gasteiger partial charge on any atom is 0.325 e. The molecule has 0 aliphatic heterocycles. The molecule has 328 valence electrons. The van der Waals surface area contributed by atoms with Crippen LogP contribution in [0, 0.1) is 0 Å². The van der Waals surface area contributed by atoms with Gasteiger partial charge in [0, 0.05) is 37.4 Å². The van der Waals surface area contributed by atoms with Gasteiger partial charge in [-0.15, -0.1) is 0 Å². The van der Waals surface area contributed by atoms with E-state index in [-0.39, 0.29) is 55.6 Å². The third-order valence-electron chi connectivity index (χ3n) is 8.40. The number of hydrogen-bond acceptors (Lipinski definition) is 14. The summed E-state index contributed by atoms with van der Waals surface area (Å²) in [4.78, 5) is 100. The number of methoxy groups -OCH3 is 1. The zero-order valence-electron chi connectivity index (χ0n) is 34.2. The lowest BCUT2D eigenvalue weighted by Crippen LogP contribution is -2.50. The first-order valence-electron chi connectivity index (χ1n) is 20.0. The quantitative estimate of drug-likeness (QED) is 0.0252. The molecule has 0 saturated heterocycles. The van der Waals surface area contributed by atoms with Gasteiger partial charge in [-0.25, -0.2) is 0 Å². The number of nitrogens with two attached hydrogens (primary N) is 2. The molecule has 4 unspecified atom stereocenters. The number of rotatable bonds is 34. The molecular weight excluding hydrogens is 781 g/mol. The lowest BCUT2D eigenvalue weighted by molar-refractivity contribution is -0.143. The van der Waals surface area contributed by atoms with E-state index in [1.165, 1.54) is 0 Å². The van der Waals surface area contributed by atoms with Crippen molar-refractivity contribution in [1.29, 1.82) is 0 Å². The Balaban J connectivity index is 5.31. The van der Waals surface area contributed by atoms with Gasteiger partial charge in [-0.2, -0.15) is 0 Å². The smallest absolute Gasteiger partial charge is 0.325 e. The molecule has 0 radical (unpaired) electrons. The third kappa shape index (κ3) is 28.4. The van der Waals surface area contributed by atoms with Gasteiger partial charge < -0.3 is 52.8 Å². The van der Waals surface area contributed by atoms with Crippen LogP contribution in [0.4, 0.5) is 0 Å². The van der Waals surface area contributed by atoms with Crippen LogP contribution in [-0.4, -0.2) is 123 Å². The fourth-order valence-electron chi connectivity index (χ4n) is 4.96. The van der Waals surface area contributed by atoms with Crippen molar-refractivity contribution in [3.63, 3.8) is 0 Å². The average Bonchev–Trinajstić information content (AvgIpc) is 3.19. The van der Waals surface area contributed by atoms with Crippen molar-refractivity contribution in [3.8, 4) is 0 Å². The summed E-state index contributed by atoms with van der Waals surface area (Å²) in [5.74, 6) is -4.63. The Morgan fingerprint density at radius 3 is 1.33 bits per heavy atom. The largest absolute Gasteiger partial charge is 0.468 e. The molecule has 0 aromatic rings. The van der Waals surface area contributed by atoms with E-state index in [1.54, 1.807) is 6.92 Å². The first kappa shape index (κ1) is 53.4. The molecule has 20 heteroatoms. The summed E-state index contributed by atoms with van der Waals surface area (Å²) in [5, 5.41) is 15.6. The highest BCUT2D eigenvalue weighted by molar-refractivity contribution is 8.76. The van der Waals surface area contributed by atoms with Gasteiger partial charge in [-0.05, 0) is 32.6 Å². The van der Waals surface area contributed by atoms with Gasteiger partial charge in [-0.1, -0.05) is 86.8 Å². The number of esters is 2. The molecule has 0 aromatic carbocycles.